The number of halogens is 3. The Morgan fingerprint density at radius 1 is 1.03 bits per heavy atom. The summed E-state index contributed by atoms with van der Waals surface area (Å²) in [6.07, 6.45) is 1.40. The number of pyridine rings is 1. The van der Waals surface area contributed by atoms with Gasteiger partial charge in [0.15, 0.2) is 0 Å². The number of hydrogen-bond acceptors (Lipinski definition) is 6. The molecular weight excluding hydrogens is 500 g/mol. The highest BCUT2D eigenvalue weighted by atomic mass is 35.5. The maximum Gasteiger partial charge on any atom is 0.342 e. The van der Waals surface area contributed by atoms with E-state index in [9.17, 15) is 33.1 Å². The summed E-state index contributed by atoms with van der Waals surface area (Å²) in [6, 6.07) is 8.88. The molecule has 0 spiro atoms. The van der Waals surface area contributed by atoms with Crippen molar-refractivity contribution < 1.29 is 28.2 Å². The van der Waals surface area contributed by atoms with Gasteiger partial charge in [-0.15, -0.1) is 0 Å². The van der Waals surface area contributed by atoms with Crippen LogP contribution >= 0.6 is 11.6 Å². The number of ether oxygens (including phenoxy) is 1. The Bertz CT molecular complexity index is 1640. The number of aliphatic hydroxyl groups excluding tert-OH is 1. The Morgan fingerprint density at radius 3 is 2.44 bits per heavy atom. The number of fused-ring (bicyclic) bond motifs is 1. The molecule has 0 aliphatic heterocycles. The molecule has 0 aliphatic carbocycles. The van der Waals surface area contributed by atoms with Crippen molar-refractivity contribution in [1.82, 2.24) is 13.7 Å². The molecule has 0 saturated carbocycles. The molecule has 0 bridgehead atoms. The van der Waals surface area contributed by atoms with E-state index >= 15 is 0 Å². The van der Waals surface area contributed by atoms with Crippen LogP contribution in [-0.2, 0) is 13.2 Å². The van der Waals surface area contributed by atoms with Crippen LogP contribution in [0.2, 0.25) is 5.02 Å². The fourth-order valence-electron chi connectivity index (χ4n) is 3.71. The van der Waals surface area contributed by atoms with E-state index in [-0.39, 0.29) is 40.5 Å². The summed E-state index contributed by atoms with van der Waals surface area (Å²) < 4.78 is 35.1. The van der Waals surface area contributed by atoms with Gasteiger partial charge in [-0.05, 0) is 35.9 Å². The molecule has 36 heavy (non-hydrogen) atoms. The number of aliphatic hydroxyl groups is 1. The van der Waals surface area contributed by atoms with Crippen molar-refractivity contribution in [1.29, 1.82) is 0 Å². The largest absolute Gasteiger partial charge is 0.487 e. The minimum Gasteiger partial charge on any atom is -0.487 e. The van der Waals surface area contributed by atoms with E-state index in [1.165, 1.54) is 35.0 Å². The van der Waals surface area contributed by atoms with E-state index in [1.54, 1.807) is 6.07 Å². The average molecular weight is 518 g/mol. The Balaban J connectivity index is 1.64. The summed E-state index contributed by atoms with van der Waals surface area (Å²) in [7, 11) is 0. The second-order valence-corrected chi connectivity index (χ2v) is 8.18. The van der Waals surface area contributed by atoms with E-state index < -0.39 is 41.3 Å². The lowest BCUT2D eigenvalue weighted by Crippen LogP contribution is -2.32. The van der Waals surface area contributed by atoms with Crippen LogP contribution in [0.1, 0.15) is 27.6 Å². The highest BCUT2D eigenvalue weighted by molar-refractivity contribution is 6.31. The minimum atomic E-state index is -0.922. The van der Waals surface area contributed by atoms with E-state index in [4.69, 9.17) is 16.3 Å². The lowest BCUT2D eigenvalue weighted by atomic mass is 10.2. The Kier molecular flexibility index (Phi) is 6.86. The van der Waals surface area contributed by atoms with Crippen molar-refractivity contribution in [3.05, 3.63) is 97.3 Å². The third kappa shape index (κ3) is 4.58. The van der Waals surface area contributed by atoms with E-state index in [2.05, 4.69) is 0 Å². The number of carbonyl (C=O) groups is 2. The van der Waals surface area contributed by atoms with Gasteiger partial charge in [-0.1, -0.05) is 17.7 Å². The van der Waals surface area contributed by atoms with Crippen LogP contribution in [0.15, 0.2) is 58.3 Å². The molecule has 0 radical (unpaired) electrons. The van der Waals surface area contributed by atoms with Crippen LogP contribution in [0.3, 0.4) is 0 Å². The van der Waals surface area contributed by atoms with Crippen LogP contribution in [0, 0.1) is 11.6 Å². The number of benzene rings is 2. The summed E-state index contributed by atoms with van der Waals surface area (Å²) in [5, 5.41) is 8.92. The first-order valence-corrected chi connectivity index (χ1v) is 10.9. The number of imidazole rings is 1. The zero-order valence-electron chi connectivity index (χ0n) is 18.7. The van der Waals surface area contributed by atoms with Gasteiger partial charge in [0.2, 0.25) is 5.91 Å². The molecule has 4 aromatic rings. The molecule has 1 N–H and O–H groups in total. The fourth-order valence-corrected chi connectivity index (χ4v) is 3.94. The monoisotopic (exact) mass is 517 g/mol. The van der Waals surface area contributed by atoms with Crippen molar-refractivity contribution in [3.8, 4) is 5.75 Å². The molecule has 2 aromatic heterocycles. The standard InChI is InChI=1S/C24H18ClF2N3O6/c1-13(32)29-19-8-14(2-5-18(19)30(24(29)35)21(33)11-31)10-28-7-6-20(22(25)23(28)34)36-12-15-3-4-16(26)9-17(15)27/h2-9,31H,10-12H2,1H3. The SMILES string of the molecule is CC(=O)n1c(=O)n(C(=O)CO)c2ccc(Cn3ccc(OCc4ccc(F)cc4F)c(Cl)c3=O)cc21. The molecular formula is C24H18ClF2N3O6. The maximum atomic E-state index is 13.8. The summed E-state index contributed by atoms with van der Waals surface area (Å²) in [5.41, 5.74) is -0.689. The van der Waals surface area contributed by atoms with Gasteiger partial charge in [-0.3, -0.25) is 14.4 Å². The number of aromatic nitrogens is 3. The normalized spacial score (nSPS) is 11.1. The molecule has 2 aromatic carbocycles. The number of nitrogens with zero attached hydrogens (tertiary/aromatic N) is 3. The Labute approximate surface area is 206 Å². The number of hydrogen-bond donors (Lipinski definition) is 1. The van der Waals surface area contributed by atoms with Gasteiger partial charge in [0.25, 0.3) is 11.5 Å². The van der Waals surface area contributed by atoms with E-state index in [1.807, 2.05) is 0 Å². The molecule has 12 heteroatoms. The van der Waals surface area contributed by atoms with Gasteiger partial charge in [-0.25, -0.2) is 22.7 Å². The molecule has 9 nitrogen and oxygen atoms in total. The molecule has 0 unspecified atom stereocenters. The van der Waals surface area contributed by atoms with E-state index in [0.29, 0.717) is 16.2 Å². The lowest BCUT2D eigenvalue weighted by molar-refractivity contribution is 0.0817. The second kappa shape index (κ2) is 9.88. The smallest absolute Gasteiger partial charge is 0.342 e. The molecule has 2 heterocycles. The summed E-state index contributed by atoms with van der Waals surface area (Å²) >= 11 is 6.17. The molecule has 0 saturated heterocycles. The first kappa shape index (κ1) is 25.0. The predicted octanol–water partition coefficient (Wildman–Crippen LogP) is 2.82. The zero-order chi connectivity index (χ0) is 26.1. The first-order chi connectivity index (χ1) is 17.1. The third-order valence-corrected chi connectivity index (χ3v) is 5.77. The van der Waals surface area contributed by atoms with Crippen LogP contribution < -0.4 is 16.0 Å². The van der Waals surface area contributed by atoms with Crippen LogP contribution in [0.4, 0.5) is 8.78 Å². The van der Waals surface area contributed by atoms with Crippen LogP contribution in [0.5, 0.6) is 5.75 Å². The lowest BCUT2D eigenvalue weighted by Gasteiger charge is -2.12. The average Bonchev–Trinajstić information content (AvgIpc) is 3.13. The summed E-state index contributed by atoms with van der Waals surface area (Å²) in [5.74, 6) is -3.05. The van der Waals surface area contributed by atoms with Crippen molar-refractivity contribution in [2.45, 2.75) is 20.1 Å². The van der Waals surface area contributed by atoms with Crippen molar-refractivity contribution in [3.63, 3.8) is 0 Å². The van der Waals surface area contributed by atoms with Crippen LogP contribution in [-0.4, -0.2) is 37.2 Å². The highest BCUT2D eigenvalue weighted by Gasteiger charge is 2.20. The minimum absolute atomic E-state index is 0.00195. The van der Waals surface area contributed by atoms with Gasteiger partial charge in [0.05, 0.1) is 17.6 Å². The maximum absolute atomic E-state index is 13.8. The number of rotatable bonds is 6. The van der Waals surface area contributed by atoms with Crippen molar-refractivity contribution in [2.24, 2.45) is 0 Å². The molecule has 0 fully saturated rings. The van der Waals surface area contributed by atoms with Gasteiger partial charge in [0, 0.05) is 24.8 Å². The van der Waals surface area contributed by atoms with Gasteiger partial charge in [0.1, 0.15) is 35.6 Å². The van der Waals surface area contributed by atoms with Crippen molar-refractivity contribution >= 4 is 34.4 Å². The summed E-state index contributed by atoms with van der Waals surface area (Å²) in [6.45, 7) is -0.0540. The van der Waals surface area contributed by atoms with Gasteiger partial charge < -0.3 is 14.4 Å². The van der Waals surface area contributed by atoms with Gasteiger partial charge in [-0.2, -0.15) is 0 Å². The third-order valence-electron chi connectivity index (χ3n) is 5.43. The van der Waals surface area contributed by atoms with Crippen LogP contribution in [0.25, 0.3) is 11.0 Å². The summed E-state index contributed by atoms with van der Waals surface area (Å²) in [4.78, 5) is 49.5. The Morgan fingerprint density at radius 2 is 1.78 bits per heavy atom. The molecule has 0 aliphatic rings. The zero-order valence-corrected chi connectivity index (χ0v) is 19.5. The molecule has 0 atom stereocenters. The Hall–Kier alpha value is -4.09. The second-order valence-electron chi connectivity index (χ2n) is 7.80. The predicted molar refractivity (Wildman–Crippen MR) is 126 cm³/mol. The molecule has 0 amide bonds. The fraction of sp³-hybridized carbons (Fsp3) is 0.167. The highest BCUT2D eigenvalue weighted by Crippen LogP contribution is 2.23. The van der Waals surface area contributed by atoms with Gasteiger partial charge >= 0.3 is 5.69 Å². The van der Waals surface area contributed by atoms with E-state index in [0.717, 1.165) is 17.6 Å². The first-order valence-electron chi connectivity index (χ1n) is 10.5. The quantitative estimate of drug-likeness (QED) is 0.421. The van der Waals surface area contributed by atoms with Crippen molar-refractivity contribution in [2.75, 3.05) is 6.61 Å². The topological polar surface area (TPSA) is 113 Å². The number of carbonyl (C=O) groups excluding carboxylic acids is 2. The molecule has 4 rings (SSSR count). The molecule has 186 valence electrons.